The first-order valence-corrected chi connectivity index (χ1v) is 8.09. The largest absolute Gasteiger partial charge is 0.484 e. The van der Waals surface area contributed by atoms with Crippen LogP contribution in [0.5, 0.6) is 5.75 Å². The predicted molar refractivity (Wildman–Crippen MR) is 83.6 cm³/mol. The van der Waals surface area contributed by atoms with E-state index in [0.717, 1.165) is 4.34 Å². The molecule has 0 aliphatic carbocycles. The molecule has 0 unspecified atom stereocenters. The van der Waals surface area contributed by atoms with Crippen LogP contribution in [0.4, 0.5) is 10.8 Å². The number of hydrogen-bond donors (Lipinski definition) is 1. The lowest BCUT2D eigenvalue weighted by atomic mass is 10.2. The summed E-state index contributed by atoms with van der Waals surface area (Å²) in [5.74, 6) is 0.0140. The van der Waals surface area contributed by atoms with Gasteiger partial charge in [-0.25, -0.2) is 0 Å². The van der Waals surface area contributed by atoms with Crippen LogP contribution in [0.1, 0.15) is 5.56 Å². The molecule has 1 aromatic heterocycles. The number of carbonyl (C=O) groups is 1. The first-order chi connectivity index (χ1) is 10.5. The second kappa shape index (κ2) is 7.18. The van der Waals surface area contributed by atoms with Crippen LogP contribution >= 0.6 is 23.1 Å². The monoisotopic (exact) mass is 340 g/mol. The molecule has 10 heteroatoms. The molecule has 0 radical (unpaired) electrons. The molecule has 1 N–H and O–H groups in total. The average Bonchev–Trinajstić information content (AvgIpc) is 2.92. The molecular weight excluding hydrogens is 328 g/mol. The number of nitro benzene ring substituents is 1. The summed E-state index contributed by atoms with van der Waals surface area (Å²) < 4.78 is 6.06. The van der Waals surface area contributed by atoms with E-state index < -0.39 is 4.92 Å². The van der Waals surface area contributed by atoms with Crippen LogP contribution < -0.4 is 10.1 Å². The third-order valence-electron chi connectivity index (χ3n) is 2.56. The molecule has 0 saturated heterocycles. The molecule has 22 heavy (non-hydrogen) atoms. The van der Waals surface area contributed by atoms with Crippen LogP contribution in [-0.4, -0.2) is 33.9 Å². The van der Waals surface area contributed by atoms with Crippen molar-refractivity contribution in [2.24, 2.45) is 0 Å². The van der Waals surface area contributed by atoms with E-state index in [1.807, 2.05) is 6.26 Å². The Morgan fingerprint density at radius 1 is 1.50 bits per heavy atom. The standard InChI is InChI=1S/C12H12N4O4S2/c1-7-5-8(3-4-9(7)16(18)19)20-6-10(17)13-11-14-15-12(21-2)22-11/h3-5H,6H2,1-2H3,(H,13,14,17). The van der Waals surface area contributed by atoms with Crippen LogP contribution in [0.3, 0.4) is 0 Å². The number of amides is 1. The Kier molecular flexibility index (Phi) is 5.28. The number of ether oxygens (including phenoxy) is 1. The maximum absolute atomic E-state index is 11.7. The lowest BCUT2D eigenvalue weighted by Gasteiger charge is -2.06. The fraction of sp³-hybridized carbons (Fsp3) is 0.250. The fourth-order valence-electron chi connectivity index (χ4n) is 1.57. The minimum Gasteiger partial charge on any atom is -0.484 e. The highest BCUT2D eigenvalue weighted by atomic mass is 32.2. The van der Waals surface area contributed by atoms with Crippen molar-refractivity contribution in [1.82, 2.24) is 10.2 Å². The Hall–Kier alpha value is -2.20. The number of thioether (sulfide) groups is 1. The van der Waals surface area contributed by atoms with E-state index in [0.29, 0.717) is 16.4 Å². The molecule has 116 valence electrons. The molecule has 2 rings (SSSR count). The maximum Gasteiger partial charge on any atom is 0.272 e. The topological polar surface area (TPSA) is 107 Å². The van der Waals surface area contributed by atoms with Crippen molar-refractivity contribution in [2.75, 3.05) is 18.2 Å². The van der Waals surface area contributed by atoms with E-state index in [9.17, 15) is 14.9 Å². The van der Waals surface area contributed by atoms with Crippen LogP contribution in [0.25, 0.3) is 0 Å². The second-order valence-electron chi connectivity index (χ2n) is 4.12. The van der Waals surface area contributed by atoms with Gasteiger partial charge in [0, 0.05) is 11.6 Å². The van der Waals surface area contributed by atoms with Crippen molar-refractivity contribution in [1.29, 1.82) is 0 Å². The zero-order chi connectivity index (χ0) is 16.1. The molecule has 2 aromatic rings. The number of aryl methyl sites for hydroxylation is 1. The molecule has 0 aliphatic heterocycles. The Balaban J connectivity index is 1.90. The highest BCUT2D eigenvalue weighted by molar-refractivity contribution is 8.00. The average molecular weight is 340 g/mol. The molecule has 0 atom stereocenters. The summed E-state index contributed by atoms with van der Waals surface area (Å²) in [5, 5.41) is 21.4. The first kappa shape index (κ1) is 16.2. The van der Waals surface area contributed by atoms with Gasteiger partial charge in [0.25, 0.3) is 11.6 Å². The Labute approximate surface area is 134 Å². The van der Waals surface area contributed by atoms with Crippen molar-refractivity contribution < 1.29 is 14.5 Å². The van der Waals surface area contributed by atoms with Gasteiger partial charge in [0.05, 0.1) is 4.92 Å². The van der Waals surface area contributed by atoms with Gasteiger partial charge in [-0.3, -0.25) is 20.2 Å². The van der Waals surface area contributed by atoms with Crippen molar-refractivity contribution >= 4 is 39.8 Å². The summed E-state index contributed by atoms with van der Waals surface area (Å²) in [5.41, 5.74) is 0.479. The molecule has 0 saturated carbocycles. The summed E-state index contributed by atoms with van der Waals surface area (Å²) >= 11 is 2.71. The normalized spacial score (nSPS) is 10.3. The highest BCUT2D eigenvalue weighted by Crippen LogP contribution is 2.24. The first-order valence-electron chi connectivity index (χ1n) is 6.05. The van der Waals surface area contributed by atoms with Crippen LogP contribution in [0.2, 0.25) is 0 Å². The lowest BCUT2D eigenvalue weighted by molar-refractivity contribution is -0.385. The number of hydrogen-bond acceptors (Lipinski definition) is 8. The van der Waals surface area contributed by atoms with E-state index in [-0.39, 0.29) is 18.2 Å². The molecule has 0 aliphatic rings. The van der Waals surface area contributed by atoms with Gasteiger partial charge < -0.3 is 4.74 Å². The van der Waals surface area contributed by atoms with E-state index in [4.69, 9.17) is 4.74 Å². The predicted octanol–water partition coefficient (Wildman–Crippen LogP) is 2.49. The Bertz CT molecular complexity index is 704. The molecule has 0 spiro atoms. The quantitative estimate of drug-likeness (QED) is 0.372. The molecule has 0 bridgehead atoms. The summed E-state index contributed by atoms with van der Waals surface area (Å²) in [7, 11) is 0. The van der Waals surface area contributed by atoms with Gasteiger partial charge in [-0.2, -0.15) is 0 Å². The van der Waals surface area contributed by atoms with Gasteiger partial charge in [-0.15, -0.1) is 10.2 Å². The van der Waals surface area contributed by atoms with Gasteiger partial charge >= 0.3 is 0 Å². The van der Waals surface area contributed by atoms with E-state index >= 15 is 0 Å². The number of benzene rings is 1. The smallest absolute Gasteiger partial charge is 0.272 e. The second-order valence-corrected chi connectivity index (χ2v) is 6.15. The lowest BCUT2D eigenvalue weighted by Crippen LogP contribution is -2.20. The molecule has 1 heterocycles. The van der Waals surface area contributed by atoms with E-state index in [2.05, 4.69) is 15.5 Å². The summed E-state index contributed by atoms with van der Waals surface area (Å²) in [6, 6.07) is 4.31. The fourth-order valence-corrected chi connectivity index (χ4v) is 2.76. The van der Waals surface area contributed by atoms with Crippen molar-refractivity contribution in [2.45, 2.75) is 11.3 Å². The number of aromatic nitrogens is 2. The molecule has 1 aromatic carbocycles. The number of nitro groups is 1. The highest BCUT2D eigenvalue weighted by Gasteiger charge is 2.12. The van der Waals surface area contributed by atoms with Crippen molar-refractivity contribution in [3.8, 4) is 5.75 Å². The van der Waals surface area contributed by atoms with Gasteiger partial charge in [0.1, 0.15) is 5.75 Å². The molecule has 1 amide bonds. The van der Waals surface area contributed by atoms with Gasteiger partial charge in [0.15, 0.2) is 10.9 Å². The van der Waals surface area contributed by atoms with Crippen LogP contribution in [0.15, 0.2) is 22.5 Å². The number of nitrogens with zero attached hydrogens (tertiary/aromatic N) is 3. The zero-order valence-electron chi connectivity index (χ0n) is 11.7. The number of anilines is 1. The Morgan fingerprint density at radius 3 is 2.86 bits per heavy atom. The van der Waals surface area contributed by atoms with E-state index in [1.165, 1.54) is 41.3 Å². The summed E-state index contributed by atoms with van der Waals surface area (Å²) in [6.07, 6.45) is 1.87. The third-order valence-corrected chi connectivity index (χ3v) is 4.38. The van der Waals surface area contributed by atoms with Crippen molar-refractivity contribution in [3.63, 3.8) is 0 Å². The number of rotatable bonds is 6. The zero-order valence-corrected chi connectivity index (χ0v) is 13.4. The summed E-state index contributed by atoms with van der Waals surface area (Å²) in [4.78, 5) is 22.0. The van der Waals surface area contributed by atoms with Crippen LogP contribution in [0, 0.1) is 17.0 Å². The summed E-state index contributed by atoms with van der Waals surface area (Å²) in [6.45, 7) is 1.39. The number of nitrogens with one attached hydrogen (secondary N) is 1. The minimum atomic E-state index is -0.468. The van der Waals surface area contributed by atoms with Gasteiger partial charge in [-0.1, -0.05) is 23.1 Å². The molecule has 0 fully saturated rings. The van der Waals surface area contributed by atoms with Crippen molar-refractivity contribution in [3.05, 3.63) is 33.9 Å². The minimum absolute atomic E-state index is 0.00950. The maximum atomic E-state index is 11.7. The Morgan fingerprint density at radius 2 is 2.27 bits per heavy atom. The van der Waals surface area contributed by atoms with Crippen LogP contribution in [-0.2, 0) is 4.79 Å². The van der Waals surface area contributed by atoms with Gasteiger partial charge in [-0.05, 0) is 25.3 Å². The molecule has 8 nitrogen and oxygen atoms in total. The number of carbonyl (C=O) groups excluding carboxylic acids is 1. The molecular formula is C12H12N4O4S2. The third kappa shape index (κ3) is 4.15. The van der Waals surface area contributed by atoms with Gasteiger partial charge in [0.2, 0.25) is 5.13 Å². The van der Waals surface area contributed by atoms with E-state index in [1.54, 1.807) is 6.92 Å². The SMILES string of the molecule is CSc1nnc(NC(=O)COc2ccc([N+](=O)[O-])c(C)c2)s1.